The summed E-state index contributed by atoms with van der Waals surface area (Å²) in [5, 5.41) is 8.79. The number of hydrogen-bond acceptors (Lipinski definition) is 4. The highest BCUT2D eigenvalue weighted by Gasteiger charge is 2.23. The maximum absolute atomic E-state index is 12.4. The normalized spacial score (nSPS) is 17.9. The molecule has 1 saturated heterocycles. The van der Waals surface area contributed by atoms with Crippen molar-refractivity contribution in [3.8, 4) is 0 Å². The quantitative estimate of drug-likeness (QED) is 0.845. The van der Waals surface area contributed by atoms with Gasteiger partial charge in [-0.05, 0) is 25.0 Å². The second-order valence-corrected chi connectivity index (χ2v) is 4.77. The summed E-state index contributed by atoms with van der Waals surface area (Å²) < 4.78 is 5.52. The lowest BCUT2D eigenvalue weighted by molar-refractivity contribution is -0.137. The van der Waals surface area contributed by atoms with Crippen LogP contribution in [0, 0.1) is 0 Å². The minimum absolute atomic E-state index is 0.00409. The van der Waals surface area contributed by atoms with Crippen LogP contribution in [0.1, 0.15) is 29.6 Å². The molecule has 0 saturated carbocycles. The molecule has 0 aliphatic carbocycles. The van der Waals surface area contributed by atoms with Gasteiger partial charge in [0.15, 0.2) is 0 Å². The molecule has 0 radical (unpaired) electrons. The number of carboxylic acid groups (broad SMARTS) is 1. The van der Waals surface area contributed by atoms with Gasteiger partial charge in [-0.1, -0.05) is 0 Å². The number of carboxylic acids is 1. The minimum atomic E-state index is -0.915. The molecule has 1 aliphatic rings. The van der Waals surface area contributed by atoms with Crippen molar-refractivity contribution in [1.29, 1.82) is 0 Å². The number of ether oxygens (including phenoxy) is 1. The molecule has 0 spiro atoms. The predicted molar refractivity (Wildman–Crippen MR) is 71.4 cm³/mol. The van der Waals surface area contributed by atoms with E-state index in [9.17, 15) is 9.59 Å². The summed E-state index contributed by atoms with van der Waals surface area (Å²) in [6.45, 7) is 1.32. The molecule has 6 heteroatoms. The molecule has 20 heavy (non-hydrogen) atoms. The molecule has 1 aromatic rings. The third-order valence-electron chi connectivity index (χ3n) is 3.24. The first-order valence-corrected chi connectivity index (χ1v) is 6.69. The number of carbonyl (C=O) groups excluding carboxylic acids is 1. The predicted octanol–water partition coefficient (Wildman–Crippen LogP) is 1.18. The van der Waals surface area contributed by atoms with E-state index in [0.717, 1.165) is 12.8 Å². The lowest BCUT2D eigenvalue weighted by Gasteiger charge is -2.24. The van der Waals surface area contributed by atoms with Crippen LogP contribution in [0.15, 0.2) is 24.5 Å². The maximum Gasteiger partial charge on any atom is 0.305 e. The molecule has 1 amide bonds. The van der Waals surface area contributed by atoms with Crippen LogP contribution in [0.4, 0.5) is 0 Å². The number of carbonyl (C=O) groups is 2. The Balaban J connectivity index is 2.03. The smallest absolute Gasteiger partial charge is 0.305 e. The van der Waals surface area contributed by atoms with Gasteiger partial charge in [-0.2, -0.15) is 0 Å². The summed E-state index contributed by atoms with van der Waals surface area (Å²) in [6, 6.07) is 3.37. The highest BCUT2D eigenvalue weighted by atomic mass is 16.5. The molecular formula is C14H18N2O4. The Morgan fingerprint density at radius 1 is 1.50 bits per heavy atom. The van der Waals surface area contributed by atoms with Gasteiger partial charge < -0.3 is 14.7 Å². The van der Waals surface area contributed by atoms with E-state index in [-0.39, 0.29) is 25.0 Å². The first kappa shape index (κ1) is 14.5. The van der Waals surface area contributed by atoms with Gasteiger partial charge in [-0.15, -0.1) is 0 Å². The summed E-state index contributed by atoms with van der Waals surface area (Å²) in [7, 11) is 0. The van der Waals surface area contributed by atoms with Gasteiger partial charge >= 0.3 is 5.97 Å². The fraction of sp³-hybridized carbons (Fsp3) is 0.500. The van der Waals surface area contributed by atoms with Crippen molar-refractivity contribution in [2.75, 3.05) is 19.7 Å². The fourth-order valence-electron chi connectivity index (χ4n) is 2.21. The van der Waals surface area contributed by atoms with Crippen LogP contribution < -0.4 is 0 Å². The largest absolute Gasteiger partial charge is 0.481 e. The Hall–Kier alpha value is -1.95. The van der Waals surface area contributed by atoms with E-state index in [2.05, 4.69) is 4.98 Å². The van der Waals surface area contributed by atoms with E-state index in [1.54, 1.807) is 23.2 Å². The van der Waals surface area contributed by atoms with Crippen molar-refractivity contribution in [3.05, 3.63) is 30.1 Å². The van der Waals surface area contributed by atoms with Gasteiger partial charge in [-0.3, -0.25) is 14.6 Å². The highest BCUT2D eigenvalue weighted by molar-refractivity contribution is 5.94. The van der Waals surface area contributed by atoms with Crippen LogP contribution in [0.5, 0.6) is 0 Å². The molecule has 1 fully saturated rings. The number of hydrogen-bond donors (Lipinski definition) is 1. The Morgan fingerprint density at radius 2 is 2.35 bits per heavy atom. The Bertz CT molecular complexity index is 458. The van der Waals surface area contributed by atoms with Crippen LogP contribution in [-0.4, -0.2) is 52.7 Å². The number of amides is 1. The molecule has 1 aromatic heterocycles. The zero-order valence-electron chi connectivity index (χ0n) is 11.2. The lowest BCUT2D eigenvalue weighted by atomic mass is 10.2. The van der Waals surface area contributed by atoms with Gasteiger partial charge in [0, 0.05) is 32.1 Å². The number of rotatable bonds is 6. The summed E-state index contributed by atoms with van der Waals surface area (Å²) >= 11 is 0. The molecule has 1 aliphatic heterocycles. The monoisotopic (exact) mass is 278 g/mol. The van der Waals surface area contributed by atoms with Crippen LogP contribution in [0.25, 0.3) is 0 Å². The topological polar surface area (TPSA) is 79.7 Å². The molecule has 6 nitrogen and oxygen atoms in total. The Kier molecular flexibility index (Phi) is 5.06. The molecule has 2 heterocycles. The number of aromatic nitrogens is 1. The molecule has 2 rings (SSSR count). The minimum Gasteiger partial charge on any atom is -0.481 e. The maximum atomic E-state index is 12.4. The van der Waals surface area contributed by atoms with E-state index in [1.807, 2.05) is 0 Å². The van der Waals surface area contributed by atoms with E-state index >= 15 is 0 Å². The van der Waals surface area contributed by atoms with Gasteiger partial charge in [0.25, 0.3) is 5.91 Å². The Morgan fingerprint density at radius 3 is 2.95 bits per heavy atom. The van der Waals surface area contributed by atoms with E-state index in [1.165, 1.54) is 6.20 Å². The molecular weight excluding hydrogens is 260 g/mol. The number of nitrogens with zero attached hydrogens (tertiary/aromatic N) is 2. The van der Waals surface area contributed by atoms with Crippen molar-refractivity contribution in [1.82, 2.24) is 9.88 Å². The third-order valence-corrected chi connectivity index (χ3v) is 3.24. The van der Waals surface area contributed by atoms with Gasteiger partial charge in [0.05, 0.1) is 18.1 Å². The summed E-state index contributed by atoms with van der Waals surface area (Å²) in [5.74, 6) is -1.11. The van der Waals surface area contributed by atoms with Gasteiger partial charge in [0.2, 0.25) is 0 Å². The van der Waals surface area contributed by atoms with Crippen LogP contribution in [0.3, 0.4) is 0 Å². The average Bonchev–Trinajstić information content (AvgIpc) is 2.96. The molecule has 1 N–H and O–H groups in total. The van der Waals surface area contributed by atoms with Crippen molar-refractivity contribution in [2.24, 2.45) is 0 Å². The van der Waals surface area contributed by atoms with Crippen molar-refractivity contribution in [3.63, 3.8) is 0 Å². The number of pyridine rings is 1. The number of aliphatic carboxylic acids is 1. The zero-order valence-corrected chi connectivity index (χ0v) is 11.2. The molecule has 0 aromatic carbocycles. The van der Waals surface area contributed by atoms with Crippen molar-refractivity contribution in [2.45, 2.75) is 25.4 Å². The summed E-state index contributed by atoms with van der Waals surface area (Å²) in [4.78, 5) is 28.6. The second-order valence-electron chi connectivity index (χ2n) is 4.77. The molecule has 108 valence electrons. The SMILES string of the molecule is O=C(O)CCN(CC1CCCO1)C(=O)c1cccnc1. The highest BCUT2D eigenvalue weighted by Crippen LogP contribution is 2.15. The standard InChI is InChI=1S/C14H18N2O4/c17-13(18)5-7-16(10-12-4-2-8-20-12)14(19)11-3-1-6-15-9-11/h1,3,6,9,12H,2,4-5,7-8,10H2,(H,17,18). The van der Waals surface area contributed by atoms with Crippen LogP contribution >= 0.6 is 0 Å². The second kappa shape index (κ2) is 7.00. The van der Waals surface area contributed by atoms with E-state index in [4.69, 9.17) is 9.84 Å². The van der Waals surface area contributed by atoms with Crippen molar-refractivity contribution < 1.29 is 19.4 Å². The van der Waals surface area contributed by atoms with Gasteiger partial charge in [-0.25, -0.2) is 0 Å². The van der Waals surface area contributed by atoms with Crippen LogP contribution in [-0.2, 0) is 9.53 Å². The fourth-order valence-corrected chi connectivity index (χ4v) is 2.21. The van der Waals surface area contributed by atoms with Crippen molar-refractivity contribution >= 4 is 11.9 Å². The molecule has 1 unspecified atom stereocenters. The zero-order chi connectivity index (χ0) is 14.4. The van der Waals surface area contributed by atoms with E-state index in [0.29, 0.717) is 18.7 Å². The molecule has 1 atom stereocenters. The average molecular weight is 278 g/mol. The first-order chi connectivity index (χ1) is 9.66. The summed E-state index contributed by atoms with van der Waals surface area (Å²) in [5.41, 5.74) is 0.468. The summed E-state index contributed by atoms with van der Waals surface area (Å²) in [6.07, 6.45) is 4.91. The first-order valence-electron chi connectivity index (χ1n) is 6.69. The van der Waals surface area contributed by atoms with Crippen LogP contribution in [0.2, 0.25) is 0 Å². The van der Waals surface area contributed by atoms with E-state index < -0.39 is 5.97 Å². The third kappa shape index (κ3) is 4.03. The van der Waals surface area contributed by atoms with Gasteiger partial charge in [0.1, 0.15) is 0 Å². The lowest BCUT2D eigenvalue weighted by Crippen LogP contribution is -2.38. The Labute approximate surface area is 117 Å². The molecule has 0 bridgehead atoms.